The van der Waals surface area contributed by atoms with E-state index in [2.05, 4.69) is 10.3 Å². The van der Waals surface area contributed by atoms with Crippen molar-refractivity contribution in [3.8, 4) is 0 Å². The van der Waals surface area contributed by atoms with Crippen molar-refractivity contribution in [1.29, 1.82) is 0 Å². The highest BCUT2D eigenvalue weighted by molar-refractivity contribution is 5.00. The van der Waals surface area contributed by atoms with Gasteiger partial charge in [0.15, 0.2) is 0 Å². The summed E-state index contributed by atoms with van der Waals surface area (Å²) >= 11 is 0. The van der Waals surface area contributed by atoms with Gasteiger partial charge >= 0.3 is 0 Å². The molecule has 0 unspecified atom stereocenters. The van der Waals surface area contributed by atoms with Crippen LogP contribution in [0.15, 0.2) is 24.6 Å². The van der Waals surface area contributed by atoms with Gasteiger partial charge in [-0.1, -0.05) is 0 Å². The van der Waals surface area contributed by atoms with E-state index >= 15 is 0 Å². The molecule has 6 heavy (non-hydrogen) atoms. The molecule has 1 N–H and O–H groups in total. The second kappa shape index (κ2) is 1.50. The minimum Gasteiger partial charge on any atom is -0.391 e. The second-order valence-electron chi connectivity index (χ2n) is 0.923. The summed E-state index contributed by atoms with van der Waals surface area (Å²) in [5, 5.41) is 0. The van der Waals surface area contributed by atoms with Crippen LogP contribution < -0.4 is 5.48 Å². The molecule has 0 aromatic heterocycles. The molecule has 0 spiro atoms. The van der Waals surface area contributed by atoms with Crippen LogP contribution in [0.1, 0.15) is 1.43 Å². The molecule has 0 atom stereocenters. The Kier molecular flexibility index (Phi) is 0.819. The highest BCUT2D eigenvalue weighted by Gasteiger charge is 1.72. The van der Waals surface area contributed by atoms with Crippen LogP contribution in [0.2, 0.25) is 0 Å². The van der Waals surface area contributed by atoms with Gasteiger partial charge in [0.25, 0.3) is 0 Å². The van der Waals surface area contributed by atoms with Crippen molar-refractivity contribution in [1.82, 2.24) is 5.48 Å². The third-order valence-corrected chi connectivity index (χ3v) is 0.490. The standard InChI is InChI=1S/C4H5NO.H2/c1-2-4-6-5-3-1;/h1-5H;1H. The summed E-state index contributed by atoms with van der Waals surface area (Å²) in [6, 6.07) is 0. The maximum Gasteiger partial charge on any atom is 0.119 e. The molecule has 0 radical (unpaired) electrons. The molecule has 1 aliphatic rings. The van der Waals surface area contributed by atoms with Gasteiger partial charge in [-0.25, -0.2) is 5.48 Å². The maximum absolute atomic E-state index is 4.55. The van der Waals surface area contributed by atoms with Crippen molar-refractivity contribution in [2.45, 2.75) is 0 Å². The number of nitrogens with one attached hydrogen (secondary N) is 1. The van der Waals surface area contributed by atoms with Crippen LogP contribution in [0.3, 0.4) is 0 Å². The predicted octanol–water partition coefficient (Wildman–Crippen LogP) is 0.795. The Bertz CT molecular complexity index is 77.7. The van der Waals surface area contributed by atoms with E-state index in [1.807, 2.05) is 6.08 Å². The first-order valence-electron chi connectivity index (χ1n) is 1.73. The number of rotatable bonds is 0. The van der Waals surface area contributed by atoms with Crippen LogP contribution in [0.4, 0.5) is 0 Å². The van der Waals surface area contributed by atoms with E-state index in [1.54, 1.807) is 18.5 Å². The first-order valence-corrected chi connectivity index (χ1v) is 1.73. The number of hydrogen-bond acceptors (Lipinski definition) is 2. The zero-order valence-electron chi connectivity index (χ0n) is 3.22. The van der Waals surface area contributed by atoms with Gasteiger partial charge in [-0.05, 0) is 12.2 Å². The number of allylic oxidation sites excluding steroid dienone is 2. The van der Waals surface area contributed by atoms with Crippen LogP contribution in [0.5, 0.6) is 0 Å². The van der Waals surface area contributed by atoms with E-state index in [9.17, 15) is 0 Å². The van der Waals surface area contributed by atoms with E-state index < -0.39 is 0 Å². The molecule has 2 heteroatoms. The molecule has 1 aliphatic heterocycles. The molecule has 1 rings (SSSR count). The van der Waals surface area contributed by atoms with Crippen LogP contribution >= 0.6 is 0 Å². The fourth-order valence-corrected chi connectivity index (χ4v) is 0.258. The van der Waals surface area contributed by atoms with Crippen LogP contribution in [0.25, 0.3) is 0 Å². The zero-order valence-corrected chi connectivity index (χ0v) is 3.22. The van der Waals surface area contributed by atoms with Gasteiger partial charge in [0.1, 0.15) is 6.26 Å². The molecular weight excluding hydrogens is 78.0 g/mol. The van der Waals surface area contributed by atoms with Crippen molar-refractivity contribution in [2.24, 2.45) is 0 Å². The Morgan fingerprint density at radius 2 is 2.50 bits per heavy atom. The van der Waals surface area contributed by atoms with Crippen LogP contribution in [0, 0.1) is 0 Å². The van der Waals surface area contributed by atoms with Crippen molar-refractivity contribution in [3.63, 3.8) is 0 Å². The number of hydroxylamine groups is 1. The fraction of sp³-hybridized carbons (Fsp3) is 0. The largest absolute Gasteiger partial charge is 0.391 e. The summed E-state index contributed by atoms with van der Waals surface area (Å²) in [7, 11) is 0. The van der Waals surface area contributed by atoms with Gasteiger partial charge in [-0.15, -0.1) is 0 Å². The Morgan fingerprint density at radius 3 is 2.67 bits per heavy atom. The minimum absolute atomic E-state index is 0. The Labute approximate surface area is 37.6 Å². The maximum atomic E-state index is 4.55. The third-order valence-electron chi connectivity index (χ3n) is 0.490. The highest BCUT2D eigenvalue weighted by atomic mass is 16.6. The quantitative estimate of drug-likeness (QED) is 0.469. The molecule has 1 heterocycles. The molecule has 0 saturated heterocycles. The Balaban J connectivity index is 0.000000360. The van der Waals surface area contributed by atoms with Crippen LogP contribution in [-0.2, 0) is 4.84 Å². The topological polar surface area (TPSA) is 21.3 Å². The molecular formula is C4H7NO. The summed E-state index contributed by atoms with van der Waals surface area (Å²) in [5.74, 6) is 0. The molecule has 0 fully saturated rings. The first kappa shape index (κ1) is 3.28. The summed E-state index contributed by atoms with van der Waals surface area (Å²) < 4.78 is 0. The lowest BCUT2D eigenvalue weighted by Gasteiger charge is -1.97. The molecule has 34 valence electrons. The van der Waals surface area contributed by atoms with Crippen molar-refractivity contribution in [2.75, 3.05) is 0 Å². The SMILES string of the molecule is C1=CNOC=C1.[HH]. The highest BCUT2D eigenvalue weighted by Crippen LogP contribution is 1.80. The molecule has 0 aromatic rings. The Morgan fingerprint density at radius 1 is 1.50 bits per heavy atom. The summed E-state index contributed by atoms with van der Waals surface area (Å²) in [6.07, 6.45) is 6.93. The fourth-order valence-electron chi connectivity index (χ4n) is 0.258. The summed E-state index contributed by atoms with van der Waals surface area (Å²) in [5.41, 5.74) is 2.52. The minimum atomic E-state index is 0. The normalized spacial score (nSPS) is 16.0. The van der Waals surface area contributed by atoms with Crippen molar-refractivity contribution < 1.29 is 6.26 Å². The molecule has 0 aliphatic carbocycles. The summed E-state index contributed by atoms with van der Waals surface area (Å²) in [6.45, 7) is 0. The molecule has 0 saturated carbocycles. The molecule has 0 amide bonds. The molecule has 0 aromatic carbocycles. The lowest BCUT2D eigenvalue weighted by atomic mass is 10.6. The van der Waals surface area contributed by atoms with E-state index in [4.69, 9.17) is 0 Å². The van der Waals surface area contributed by atoms with Crippen LogP contribution in [-0.4, -0.2) is 0 Å². The van der Waals surface area contributed by atoms with E-state index in [1.165, 1.54) is 0 Å². The average molecular weight is 85.1 g/mol. The predicted molar refractivity (Wildman–Crippen MR) is 24.6 cm³/mol. The van der Waals surface area contributed by atoms with Gasteiger partial charge in [0.2, 0.25) is 0 Å². The molecule has 2 nitrogen and oxygen atoms in total. The lowest BCUT2D eigenvalue weighted by Crippen LogP contribution is -2.01. The van der Waals surface area contributed by atoms with E-state index in [-0.39, 0.29) is 1.43 Å². The van der Waals surface area contributed by atoms with Crippen molar-refractivity contribution in [3.05, 3.63) is 24.6 Å². The smallest absolute Gasteiger partial charge is 0.119 e. The number of hydrogen-bond donors (Lipinski definition) is 1. The van der Waals surface area contributed by atoms with E-state index in [0.717, 1.165) is 0 Å². The Hall–Kier alpha value is -0.920. The van der Waals surface area contributed by atoms with Gasteiger partial charge in [0, 0.05) is 7.63 Å². The lowest BCUT2D eigenvalue weighted by molar-refractivity contribution is 0.172. The second-order valence-corrected chi connectivity index (χ2v) is 0.923. The average Bonchev–Trinajstić information content (AvgIpc) is 1.72. The zero-order chi connectivity index (χ0) is 4.24. The third kappa shape index (κ3) is 0.516. The van der Waals surface area contributed by atoms with Gasteiger partial charge in [0.05, 0.1) is 0 Å². The van der Waals surface area contributed by atoms with Gasteiger partial charge < -0.3 is 4.84 Å². The molecule has 0 bridgehead atoms. The monoisotopic (exact) mass is 85.1 g/mol. The van der Waals surface area contributed by atoms with Crippen molar-refractivity contribution >= 4 is 0 Å². The summed E-state index contributed by atoms with van der Waals surface area (Å²) in [4.78, 5) is 4.55. The first-order chi connectivity index (χ1) is 3.00. The van der Waals surface area contributed by atoms with Gasteiger partial charge in [-0.2, -0.15) is 0 Å². The van der Waals surface area contributed by atoms with Gasteiger partial charge in [-0.3, -0.25) is 0 Å². The van der Waals surface area contributed by atoms with E-state index in [0.29, 0.717) is 0 Å².